The number of aromatic nitrogens is 2. The van der Waals surface area contributed by atoms with Gasteiger partial charge in [0, 0.05) is 6.54 Å². The van der Waals surface area contributed by atoms with Crippen molar-refractivity contribution in [1.29, 1.82) is 0 Å². The molecule has 0 saturated carbocycles. The first-order valence-corrected chi connectivity index (χ1v) is 12.5. The first kappa shape index (κ1) is 28.6. The van der Waals surface area contributed by atoms with Crippen molar-refractivity contribution in [2.75, 3.05) is 13.7 Å². The van der Waals surface area contributed by atoms with E-state index >= 15 is 0 Å². The lowest BCUT2D eigenvalue weighted by atomic mass is 9.83. The number of benzene rings is 1. The fraction of sp³-hybridized carbons (Fsp3) is 0.538. The Hall–Kier alpha value is -3.96. The molecule has 1 saturated heterocycles. The molecule has 206 valence electrons. The molecule has 1 aromatic carbocycles. The maximum Gasteiger partial charge on any atom is 0.442 e. The third kappa shape index (κ3) is 6.29. The molecular weight excluding hydrogens is 494 g/mol. The van der Waals surface area contributed by atoms with Crippen molar-refractivity contribution in [1.82, 2.24) is 25.3 Å². The second-order valence-electron chi connectivity index (χ2n) is 10.6. The molecule has 1 aliphatic heterocycles. The number of nitrogens with zero attached hydrogens (tertiary/aromatic N) is 3. The molecule has 0 unspecified atom stereocenters. The molecule has 1 fully saturated rings. The predicted molar refractivity (Wildman–Crippen MR) is 137 cm³/mol. The van der Waals surface area contributed by atoms with Crippen molar-refractivity contribution in [3.05, 3.63) is 46.8 Å². The number of carbonyl (C=O) groups excluding carboxylic acids is 4. The number of Topliss-reactive ketones (excluding diaryl/α,β-unsaturated/α-hetero) is 1. The lowest BCUT2D eigenvalue weighted by Gasteiger charge is -2.33. The predicted octanol–water partition coefficient (Wildman–Crippen LogP) is 1.91. The zero-order chi connectivity index (χ0) is 28.2. The number of carbonyl (C=O) groups is 4. The van der Waals surface area contributed by atoms with E-state index in [1.165, 1.54) is 12.0 Å². The third-order valence-corrected chi connectivity index (χ3v) is 6.40. The zero-order valence-electron chi connectivity index (χ0n) is 22.5. The molecule has 1 aliphatic rings. The monoisotopic (exact) mass is 529 g/mol. The second kappa shape index (κ2) is 11.6. The van der Waals surface area contributed by atoms with E-state index in [2.05, 4.69) is 20.5 Å². The van der Waals surface area contributed by atoms with Gasteiger partial charge in [0.1, 0.15) is 18.1 Å². The standard InChI is InChI=1S/C26H35N5O7/c1-15(2)18(27-24(35)37-6)23(34)30-14-10-13-17(30)21(33)28-20(26(3,4)5)19(32)22-29-31(25(36)38-22)16-11-8-7-9-12-16/h7-9,11-12,15,17-18,20H,10,13-14H2,1-6H3,(H,27,35)(H,28,33)/t17-,18-,20+/m0/s1. The van der Waals surface area contributed by atoms with Crippen molar-refractivity contribution < 1.29 is 28.3 Å². The number of methoxy groups -OCH3 is 1. The normalized spacial score (nSPS) is 17.1. The van der Waals surface area contributed by atoms with Crippen molar-refractivity contribution in [2.45, 2.75) is 65.6 Å². The number of alkyl carbamates (subject to hydrolysis) is 1. The molecule has 0 bridgehead atoms. The van der Waals surface area contributed by atoms with E-state index < -0.39 is 58.9 Å². The topological polar surface area (TPSA) is 153 Å². The maximum absolute atomic E-state index is 13.4. The Labute approximate surface area is 220 Å². The highest BCUT2D eigenvalue weighted by Crippen LogP contribution is 2.25. The van der Waals surface area contributed by atoms with E-state index in [1.54, 1.807) is 65.0 Å². The number of ether oxygens (including phenoxy) is 1. The molecule has 0 spiro atoms. The number of nitrogens with one attached hydrogen (secondary N) is 2. The van der Waals surface area contributed by atoms with Crippen LogP contribution in [0.3, 0.4) is 0 Å². The Morgan fingerprint density at radius 2 is 1.76 bits per heavy atom. The average Bonchev–Trinajstić information content (AvgIpc) is 3.51. The highest BCUT2D eigenvalue weighted by molar-refractivity contribution is 6.00. The Morgan fingerprint density at radius 3 is 2.34 bits per heavy atom. The largest absolute Gasteiger partial charge is 0.453 e. The minimum atomic E-state index is -1.09. The van der Waals surface area contributed by atoms with Gasteiger partial charge in [-0.05, 0) is 36.3 Å². The minimum absolute atomic E-state index is 0.252. The highest BCUT2D eigenvalue weighted by atomic mass is 16.5. The summed E-state index contributed by atoms with van der Waals surface area (Å²) in [6.07, 6.45) is 0.230. The van der Waals surface area contributed by atoms with Crippen LogP contribution in [0, 0.1) is 11.3 Å². The molecular formula is C26H35N5O7. The molecule has 3 atom stereocenters. The molecule has 38 heavy (non-hydrogen) atoms. The number of hydrogen-bond acceptors (Lipinski definition) is 8. The van der Waals surface area contributed by atoms with Gasteiger partial charge in [-0.1, -0.05) is 52.8 Å². The Morgan fingerprint density at radius 1 is 1.11 bits per heavy atom. The SMILES string of the molecule is COC(=O)N[C@H](C(=O)N1CCC[C@H]1C(=O)N[C@H](C(=O)c1nn(-c2ccccc2)c(=O)o1)C(C)(C)C)C(C)C. The van der Waals surface area contributed by atoms with Crippen LogP contribution >= 0.6 is 0 Å². The number of likely N-dealkylation sites (tertiary alicyclic amines) is 1. The van der Waals surface area contributed by atoms with E-state index in [0.717, 1.165) is 4.68 Å². The van der Waals surface area contributed by atoms with Crippen LogP contribution in [0.25, 0.3) is 5.69 Å². The smallest absolute Gasteiger partial charge is 0.442 e. The number of ketones is 1. The number of para-hydroxylation sites is 1. The Bertz CT molecular complexity index is 1230. The van der Waals surface area contributed by atoms with Crippen LogP contribution in [-0.2, 0) is 14.3 Å². The first-order valence-electron chi connectivity index (χ1n) is 12.5. The lowest BCUT2D eigenvalue weighted by Crippen LogP contribution is -2.58. The number of amides is 3. The van der Waals surface area contributed by atoms with Crippen LogP contribution in [0.2, 0.25) is 0 Å². The fourth-order valence-corrected chi connectivity index (χ4v) is 4.33. The summed E-state index contributed by atoms with van der Waals surface area (Å²) in [5.41, 5.74) is -0.348. The molecule has 2 heterocycles. The van der Waals surface area contributed by atoms with Gasteiger partial charge < -0.3 is 24.7 Å². The quantitative estimate of drug-likeness (QED) is 0.492. The second-order valence-corrected chi connectivity index (χ2v) is 10.6. The Balaban J connectivity index is 1.82. The van der Waals surface area contributed by atoms with E-state index in [0.29, 0.717) is 25.1 Å². The van der Waals surface area contributed by atoms with E-state index in [1.807, 2.05) is 0 Å². The van der Waals surface area contributed by atoms with Crippen molar-refractivity contribution >= 4 is 23.7 Å². The summed E-state index contributed by atoms with van der Waals surface area (Å²) in [6, 6.07) is 5.69. The fourth-order valence-electron chi connectivity index (χ4n) is 4.33. The van der Waals surface area contributed by atoms with Gasteiger partial charge >= 0.3 is 11.8 Å². The summed E-state index contributed by atoms with van der Waals surface area (Å²) >= 11 is 0. The molecule has 0 radical (unpaired) electrons. The summed E-state index contributed by atoms with van der Waals surface area (Å²) in [5, 5.41) is 9.36. The lowest BCUT2D eigenvalue weighted by molar-refractivity contribution is -0.141. The highest BCUT2D eigenvalue weighted by Gasteiger charge is 2.42. The summed E-state index contributed by atoms with van der Waals surface area (Å²) < 4.78 is 10.8. The van der Waals surface area contributed by atoms with Gasteiger partial charge in [0.05, 0.1) is 12.8 Å². The van der Waals surface area contributed by atoms with Crippen molar-refractivity contribution in [3.63, 3.8) is 0 Å². The van der Waals surface area contributed by atoms with Crippen molar-refractivity contribution in [2.24, 2.45) is 11.3 Å². The van der Waals surface area contributed by atoms with E-state index in [4.69, 9.17) is 4.42 Å². The van der Waals surface area contributed by atoms with Gasteiger partial charge in [-0.25, -0.2) is 9.59 Å². The van der Waals surface area contributed by atoms with Crippen molar-refractivity contribution in [3.8, 4) is 5.69 Å². The first-order chi connectivity index (χ1) is 17.8. The van der Waals surface area contributed by atoms with Crippen LogP contribution in [0.1, 0.15) is 58.1 Å². The molecule has 3 rings (SSSR count). The average molecular weight is 530 g/mol. The van der Waals surface area contributed by atoms with Gasteiger partial charge in [-0.3, -0.25) is 14.4 Å². The molecule has 0 aliphatic carbocycles. The number of hydrogen-bond donors (Lipinski definition) is 2. The molecule has 2 aromatic rings. The zero-order valence-corrected chi connectivity index (χ0v) is 22.5. The van der Waals surface area contributed by atoms with Crippen LogP contribution in [0.4, 0.5) is 4.79 Å². The van der Waals surface area contributed by atoms with Gasteiger partial charge in [0.2, 0.25) is 17.6 Å². The van der Waals surface area contributed by atoms with Crippen LogP contribution in [-0.4, -0.2) is 70.2 Å². The van der Waals surface area contributed by atoms with Gasteiger partial charge in [-0.15, -0.1) is 5.10 Å². The molecule has 3 amide bonds. The summed E-state index contributed by atoms with van der Waals surface area (Å²) in [7, 11) is 1.21. The molecule has 12 heteroatoms. The van der Waals surface area contributed by atoms with Crippen LogP contribution in [0.15, 0.2) is 39.5 Å². The maximum atomic E-state index is 13.4. The molecule has 12 nitrogen and oxygen atoms in total. The van der Waals surface area contributed by atoms with Gasteiger partial charge in [-0.2, -0.15) is 4.68 Å². The Kier molecular flexibility index (Phi) is 8.74. The van der Waals surface area contributed by atoms with Crippen LogP contribution in [0.5, 0.6) is 0 Å². The molecule has 1 aromatic heterocycles. The van der Waals surface area contributed by atoms with E-state index in [-0.39, 0.29) is 5.92 Å². The van der Waals surface area contributed by atoms with Gasteiger partial charge in [0.25, 0.3) is 5.89 Å². The third-order valence-electron chi connectivity index (χ3n) is 6.40. The summed E-state index contributed by atoms with van der Waals surface area (Å²) in [4.78, 5) is 65.8. The minimum Gasteiger partial charge on any atom is -0.453 e. The summed E-state index contributed by atoms with van der Waals surface area (Å²) in [6.45, 7) is 9.16. The van der Waals surface area contributed by atoms with Gasteiger partial charge in [0.15, 0.2) is 0 Å². The van der Waals surface area contributed by atoms with Crippen LogP contribution < -0.4 is 16.4 Å². The van der Waals surface area contributed by atoms with E-state index in [9.17, 15) is 24.0 Å². The number of rotatable bonds is 8. The summed E-state index contributed by atoms with van der Waals surface area (Å²) in [5.74, 6) is -3.10. The molecule has 2 N–H and O–H groups in total.